The van der Waals surface area contributed by atoms with Crippen LogP contribution in [0.15, 0.2) is 12.1 Å². The third-order valence-corrected chi connectivity index (χ3v) is 6.05. The summed E-state index contributed by atoms with van der Waals surface area (Å²) in [4.78, 5) is 7.32. The van der Waals surface area contributed by atoms with Gasteiger partial charge in [-0.15, -0.1) is 11.3 Å². The van der Waals surface area contributed by atoms with E-state index in [4.69, 9.17) is 0 Å². The summed E-state index contributed by atoms with van der Waals surface area (Å²) in [6.45, 7) is 9.19. The van der Waals surface area contributed by atoms with Gasteiger partial charge in [-0.2, -0.15) is 0 Å². The summed E-state index contributed by atoms with van der Waals surface area (Å²) in [5, 5.41) is 0.914. The number of benzene rings is 1. The third-order valence-electron chi connectivity index (χ3n) is 4.94. The summed E-state index contributed by atoms with van der Waals surface area (Å²) < 4.78 is 27.0. The van der Waals surface area contributed by atoms with Crippen molar-refractivity contribution in [3.05, 3.63) is 34.0 Å². The monoisotopic (exact) mass is 394 g/mol. The topological polar surface area (TPSA) is 16.1 Å². The Morgan fingerprint density at radius 3 is 2.33 bits per heavy atom. The lowest BCUT2D eigenvalue weighted by Crippen LogP contribution is -2.25. The third kappa shape index (κ3) is 5.50. The minimum Gasteiger partial charge on any atom is -0.374 e. The zero-order chi connectivity index (χ0) is 20.0. The highest BCUT2D eigenvalue weighted by atomic mass is 32.1. The van der Waals surface area contributed by atoms with Crippen molar-refractivity contribution in [3.8, 4) is 10.4 Å². The Morgan fingerprint density at radius 2 is 1.81 bits per heavy atom. The molecule has 0 spiro atoms. The van der Waals surface area contributed by atoms with Crippen LogP contribution in [0.4, 0.5) is 14.5 Å². The Balaban J connectivity index is 0.000000380. The molecule has 2 aromatic rings. The molecule has 1 aliphatic heterocycles. The van der Waals surface area contributed by atoms with E-state index in [0.29, 0.717) is 5.56 Å². The molecule has 0 aliphatic carbocycles. The van der Waals surface area contributed by atoms with Gasteiger partial charge in [0.2, 0.25) is 0 Å². The SMILES string of the molecule is CCCCCC.Cc1nc(C)c(-c2cc3c(cc2C(F)F)N(C)CCC3)s1. The van der Waals surface area contributed by atoms with Crippen LogP contribution >= 0.6 is 11.3 Å². The van der Waals surface area contributed by atoms with Gasteiger partial charge in [-0.1, -0.05) is 39.5 Å². The summed E-state index contributed by atoms with van der Waals surface area (Å²) in [5.41, 5.74) is 3.72. The Hall–Kier alpha value is -1.49. The summed E-state index contributed by atoms with van der Waals surface area (Å²) >= 11 is 1.49. The molecule has 1 aromatic carbocycles. The number of fused-ring (bicyclic) bond motifs is 1. The molecule has 0 unspecified atom stereocenters. The van der Waals surface area contributed by atoms with Crippen LogP contribution in [0.25, 0.3) is 10.4 Å². The molecule has 2 nitrogen and oxygen atoms in total. The maximum absolute atomic E-state index is 13.5. The van der Waals surface area contributed by atoms with E-state index in [1.807, 2.05) is 27.0 Å². The van der Waals surface area contributed by atoms with Gasteiger partial charge >= 0.3 is 0 Å². The van der Waals surface area contributed by atoms with Crippen LogP contribution in [0.3, 0.4) is 0 Å². The molecule has 1 aromatic heterocycles. The molecule has 150 valence electrons. The second-order valence-corrected chi connectivity index (χ2v) is 8.45. The van der Waals surface area contributed by atoms with Crippen molar-refractivity contribution in [2.24, 2.45) is 0 Å². The number of anilines is 1. The van der Waals surface area contributed by atoms with E-state index in [-0.39, 0.29) is 5.56 Å². The number of hydrogen-bond donors (Lipinski definition) is 0. The number of aryl methyl sites for hydroxylation is 3. The van der Waals surface area contributed by atoms with E-state index >= 15 is 0 Å². The molecule has 2 heterocycles. The second kappa shape index (κ2) is 10.2. The summed E-state index contributed by atoms with van der Waals surface area (Å²) in [6, 6.07) is 3.62. The molecule has 3 rings (SSSR count). The number of unbranched alkanes of at least 4 members (excludes halogenated alkanes) is 3. The van der Waals surface area contributed by atoms with E-state index < -0.39 is 6.43 Å². The lowest BCUT2D eigenvalue weighted by molar-refractivity contribution is 0.152. The molecular weight excluding hydrogens is 362 g/mol. The van der Waals surface area contributed by atoms with Gasteiger partial charge in [0.05, 0.1) is 15.6 Å². The van der Waals surface area contributed by atoms with Crippen molar-refractivity contribution in [2.75, 3.05) is 18.5 Å². The highest BCUT2D eigenvalue weighted by Crippen LogP contribution is 2.41. The lowest BCUT2D eigenvalue weighted by Gasteiger charge is -2.29. The number of aromatic nitrogens is 1. The van der Waals surface area contributed by atoms with Gasteiger partial charge in [0.15, 0.2) is 0 Å². The van der Waals surface area contributed by atoms with Crippen LogP contribution in [0.5, 0.6) is 0 Å². The van der Waals surface area contributed by atoms with Crippen molar-refractivity contribution in [1.82, 2.24) is 4.98 Å². The molecule has 0 saturated heterocycles. The first-order valence-electron chi connectivity index (χ1n) is 9.99. The molecule has 1 aliphatic rings. The van der Waals surface area contributed by atoms with Gasteiger partial charge < -0.3 is 4.90 Å². The second-order valence-electron chi connectivity index (χ2n) is 7.25. The smallest absolute Gasteiger partial charge is 0.264 e. The lowest BCUT2D eigenvalue weighted by atomic mass is 9.94. The van der Waals surface area contributed by atoms with E-state index in [1.54, 1.807) is 6.07 Å². The summed E-state index contributed by atoms with van der Waals surface area (Å²) in [6.07, 6.45) is 5.08. The fourth-order valence-electron chi connectivity index (χ4n) is 3.49. The van der Waals surface area contributed by atoms with Gasteiger partial charge in [0.1, 0.15) is 0 Å². The molecule has 0 saturated carbocycles. The van der Waals surface area contributed by atoms with Crippen LogP contribution in [0.1, 0.15) is 74.2 Å². The first-order chi connectivity index (χ1) is 12.9. The van der Waals surface area contributed by atoms with Gasteiger partial charge in [0, 0.05) is 30.4 Å². The molecular formula is C22H32F2N2S. The van der Waals surface area contributed by atoms with Crippen molar-refractivity contribution in [3.63, 3.8) is 0 Å². The Kier molecular flexibility index (Phi) is 8.21. The zero-order valence-electron chi connectivity index (χ0n) is 17.2. The fourth-order valence-corrected chi connectivity index (χ4v) is 4.45. The Bertz CT molecular complexity index is 736. The molecule has 0 N–H and O–H groups in total. The predicted octanol–water partition coefficient (Wildman–Crippen LogP) is 7.33. The highest BCUT2D eigenvalue weighted by Gasteiger charge is 2.23. The molecule has 0 radical (unpaired) electrons. The van der Waals surface area contributed by atoms with Gasteiger partial charge in [0.25, 0.3) is 6.43 Å². The average molecular weight is 395 g/mol. The molecule has 27 heavy (non-hydrogen) atoms. The maximum Gasteiger partial charge on any atom is 0.264 e. The summed E-state index contributed by atoms with van der Waals surface area (Å²) in [7, 11) is 1.97. The Morgan fingerprint density at radius 1 is 1.15 bits per heavy atom. The van der Waals surface area contributed by atoms with Crippen LogP contribution in [0, 0.1) is 13.8 Å². The van der Waals surface area contributed by atoms with E-state index in [1.165, 1.54) is 37.0 Å². The molecule has 5 heteroatoms. The Labute approximate surface area is 166 Å². The first kappa shape index (κ1) is 21.8. The number of alkyl halides is 2. The largest absolute Gasteiger partial charge is 0.374 e. The van der Waals surface area contributed by atoms with Crippen LogP contribution in [-0.2, 0) is 6.42 Å². The van der Waals surface area contributed by atoms with Crippen molar-refractivity contribution < 1.29 is 8.78 Å². The van der Waals surface area contributed by atoms with Gasteiger partial charge in [-0.25, -0.2) is 13.8 Å². The quantitative estimate of drug-likeness (QED) is 0.493. The first-order valence-corrected chi connectivity index (χ1v) is 10.8. The number of hydrogen-bond acceptors (Lipinski definition) is 3. The normalized spacial score (nSPS) is 13.4. The van der Waals surface area contributed by atoms with Crippen molar-refractivity contribution >= 4 is 17.0 Å². The standard InChI is InChI=1S/C16H18F2N2S.C6H14/c1-9-15(21-10(2)19-9)12-7-11-5-4-6-20(3)14(11)8-13(12)16(17)18;1-3-5-6-4-2/h7-8,16H,4-6H2,1-3H3;3-6H2,1-2H3. The summed E-state index contributed by atoms with van der Waals surface area (Å²) in [5.74, 6) is 0. The minimum atomic E-state index is -2.47. The molecule has 0 atom stereocenters. The number of nitrogens with zero attached hydrogens (tertiary/aromatic N) is 2. The van der Waals surface area contributed by atoms with Crippen LogP contribution < -0.4 is 4.90 Å². The van der Waals surface area contributed by atoms with Crippen molar-refractivity contribution in [2.45, 2.75) is 72.6 Å². The molecule has 0 bridgehead atoms. The van der Waals surface area contributed by atoms with Crippen LogP contribution in [0.2, 0.25) is 0 Å². The van der Waals surface area contributed by atoms with E-state index in [9.17, 15) is 8.78 Å². The fraction of sp³-hybridized carbons (Fsp3) is 0.591. The predicted molar refractivity (Wildman–Crippen MR) is 113 cm³/mol. The van der Waals surface area contributed by atoms with E-state index in [0.717, 1.165) is 46.2 Å². The maximum atomic E-state index is 13.5. The van der Waals surface area contributed by atoms with E-state index in [2.05, 4.69) is 23.7 Å². The number of halogens is 2. The molecule has 0 fully saturated rings. The van der Waals surface area contributed by atoms with Gasteiger partial charge in [-0.05, 0) is 44.4 Å². The zero-order valence-corrected chi connectivity index (χ0v) is 18.1. The highest BCUT2D eigenvalue weighted by molar-refractivity contribution is 7.15. The average Bonchev–Trinajstić information content (AvgIpc) is 2.98. The number of thiazole rings is 1. The van der Waals surface area contributed by atoms with Crippen LogP contribution in [-0.4, -0.2) is 18.6 Å². The number of rotatable bonds is 5. The minimum absolute atomic E-state index is 0.120. The van der Waals surface area contributed by atoms with Gasteiger partial charge in [-0.3, -0.25) is 0 Å². The van der Waals surface area contributed by atoms with Crippen molar-refractivity contribution in [1.29, 1.82) is 0 Å². The molecule has 0 amide bonds.